The molecular formula is C26H27F7N4O2. The van der Waals surface area contributed by atoms with Crippen LogP contribution in [0.1, 0.15) is 55.2 Å². The zero-order valence-electron chi connectivity index (χ0n) is 20.7. The van der Waals surface area contributed by atoms with Crippen LogP contribution in [0, 0.1) is 29.2 Å². The van der Waals surface area contributed by atoms with Crippen molar-refractivity contribution < 1.29 is 40.3 Å². The van der Waals surface area contributed by atoms with Gasteiger partial charge >= 0.3 is 6.18 Å². The summed E-state index contributed by atoms with van der Waals surface area (Å²) in [7, 11) is 0. The van der Waals surface area contributed by atoms with Crippen LogP contribution >= 0.6 is 0 Å². The van der Waals surface area contributed by atoms with Gasteiger partial charge in [0.2, 0.25) is 5.91 Å². The molecule has 4 N–H and O–H groups in total. The van der Waals surface area contributed by atoms with Gasteiger partial charge in [-0.25, -0.2) is 17.6 Å². The number of nitrogens with two attached hydrogens (primary N) is 1. The molecule has 2 amide bonds. The smallest absolute Gasteiger partial charge is 0.370 e. The number of amides is 2. The molecule has 6 nitrogen and oxygen atoms in total. The Bertz CT molecular complexity index is 1200. The number of carbonyl (C=O) groups excluding carboxylic acids is 2. The van der Waals surface area contributed by atoms with Gasteiger partial charge in [0.15, 0.2) is 5.96 Å². The molecule has 0 heterocycles. The first-order valence-electron chi connectivity index (χ1n) is 12.2. The molecule has 2 aromatic rings. The van der Waals surface area contributed by atoms with Gasteiger partial charge in [-0.05, 0) is 30.0 Å². The van der Waals surface area contributed by atoms with Gasteiger partial charge in [-0.2, -0.15) is 18.2 Å². The van der Waals surface area contributed by atoms with Gasteiger partial charge in [0.25, 0.3) is 5.91 Å². The Morgan fingerprint density at radius 1 is 0.974 bits per heavy atom. The second kappa shape index (κ2) is 12.9. The van der Waals surface area contributed by atoms with E-state index >= 15 is 0 Å². The van der Waals surface area contributed by atoms with Crippen molar-refractivity contribution in [3.05, 3.63) is 70.3 Å². The van der Waals surface area contributed by atoms with Gasteiger partial charge in [-0.1, -0.05) is 38.2 Å². The number of carbonyl (C=O) groups is 2. The van der Waals surface area contributed by atoms with Crippen molar-refractivity contribution in [1.29, 1.82) is 0 Å². The lowest BCUT2D eigenvalue weighted by Crippen LogP contribution is -2.50. The first-order chi connectivity index (χ1) is 18.3. The Labute approximate surface area is 219 Å². The summed E-state index contributed by atoms with van der Waals surface area (Å²) in [5.74, 6) is -7.25. The molecule has 1 aliphatic carbocycles. The number of nitrogens with zero attached hydrogens (tertiary/aromatic N) is 1. The molecule has 1 aliphatic rings. The predicted molar refractivity (Wildman–Crippen MR) is 128 cm³/mol. The number of guanidine groups is 1. The molecule has 0 aliphatic heterocycles. The van der Waals surface area contributed by atoms with Crippen molar-refractivity contribution in [1.82, 2.24) is 10.6 Å². The first-order valence-corrected chi connectivity index (χ1v) is 12.2. The van der Waals surface area contributed by atoms with Crippen molar-refractivity contribution in [3.8, 4) is 0 Å². The molecule has 0 spiro atoms. The molecule has 1 unspecified atom stereocenters. The van der Waals surface area contributed by atoms with Crippen LogP contribution in [-0.4, -0.2) is 23.8 Å². The molecule has 0 bridgehead atoms. The van der Waals surface area contributed by atoms with E-state index in [4.69, 9.17) is 5.73 Å². The molecule has 1 atom stereocenters. The van der Waals surface area contributed by atoms with Gasteiger partial charge in [-0.3, -0.25) is 9.59 Å². The van der Waals surface area contributed by atoms with E-state index in [9.17, 15) is 40.3 Å². The third-order valence-electron chi connectivity index (χ3n) is 6.41. The van der Waals surface area contributed by atoms with Crippen molar-refractivity contribution in [3.63, 3.8) is 0 Å². The number of hydrogen-bond donors (Lipinski definition) is 3. The summed E-state index contributed by atoms with van der Waals surface area (Å²) in [6, 6.07) is 2.16. The summed E-state index contributed by atoms with van der Waals surface area (Å²) in [4.78, 5) is 28.7. The molecular weight excluding hydrogens is 533 g/mol. The first kappa shape index (κ1) is 29.9. The summed E-state index contributed by atoms with van der Waals surface area (Å²) in [5.41, 5.74) is 3.63. The van der Waals surface area contributed by atoms with Crippen LogP contribution in [0.5, 0.6) is 0 Å². The van der Waals surface area contributed by atoms with Crippen molar-refractivity contribution in [2.24, 2.45) is 16.6 Å². The van der Waals surface area contributed by atoms with E-state index in [0.717, 1.165) is 38.2 Å². The Kier molecular flexibility index (Phi) is 9.92. The highest BCUT2D eigenvalue weighted by atomic mass is 19.4. The SMILES string of the molecule is NC(=NC(=O)Cc1c(F)cc(F)cc1F)NC(CC1CCCCC1)C(=O)NCc1ccc(F)c(C(F)(F)F)c1. The maximum Gasteiger partial charge on any atom is 0.419 e. The summed E-state index contributed by atoms with van der Waals surface area (Å²) in [5, 5.41) is 5.09. The van der Waals surface area contributed by atoms with Gasteiger partial charge in [-0.15, -0.1) is 0 Å². The third-order valence-corrected chi connectivity index (χ3v) is 6.41. The molecule has 13 heteroatoms. The Hall–Kier alpha value is -3.64. The number of alkyl halides is 3. The average Bonchev–Trinajstić information content (AvgIpc) is 2.85. The fourth-order valence-corrected chi connectivity index (χ4v) is 4.48. The molecule has 1 fully saturated rings. The highest BCUT2D eigenvalue weighted by Gasteiger charge is 2.34. The topological polar surface area (TPSA) is 96.6 Å². The van der Waals surface area contributed by atoms with Crippen LogP contribution in [0.25, 0.3) is 0 Å². The lowest BCUT2D eigenvalue weighted by atomic mass is 9.84. The molecule has 212 valence electrons. The fourth-order valence-electron chi connectivity index (χ4n) is 4.48. The lowest BCUT2D eigenvalue weighted by Gasteiger charge is -2.27. The van der Waals surface area contributed by atoms with Gasteiger partial charge in [0.05, 0.1) is 12.0 Å². The minimum atomic E-state index is -4.91. The Morgan fingerprint density at radius 3 is 2.23 bits per heavy atom. The van der Waals surface area contributed by atoms with E-state index in [2.05, 4.69) is 15.6 Å². The van der Waals surface area contributed by atoms with Crippen LogP contribution in [-0.2, 0) is 28.7 Å². The molecule has 0 saturated heterocycles. The highest BCUT2D eigenvalue weighted by Crippen LogP contribution is 2.32. The highest BCUT2D eigenvalue weighted by molar-refractivity contribution is 5.95. The monoisotopic (exact) mass is 560 g/mol. The normalized spacial score (nSPS) is 15.6. The van der Waals surface area contributed by atoms with Gasteiger partial charge in [0, 0.05) is 24.2 Å². The second-order valence-corrected chi connectivity index (χ2v) is 9.38. The van der Waals surface area contributed by atoms with E-state index < -0.39 is 70.8 Å². The van der Waals surface area contributed by atoms with Crippen molar-refractivity contribution in [2.75, 3.05) is 0 Å². The summed E-state index contributed by atoms with van der Waals surface area (Å²) < 4.78 is 93.4. The van der Waals surface area contributed by atoms with Crippen LogP contribution in [0.15, 0.2) is 35.3 Å². The van der Waals surface area contributed by atoms with Crippen LogP contribution in [0.2, 0.25) is 0 Å². The van der Waals surface area contributed by atoms with E-state index in [-0.39, 0.29) is 24.4 Å². The number of aliphatic imine (C=N–C) groups is 1. The quantitative estimate of drug-likeness (QED) is 0.243. The van der Waals surface area contributed by atoms with E-state index in [1.807, 2.05) is 0 Å². The Balaban J connectivity index is 1.71. The summed E-state index contributed by atoms with van der Waals surface area (Å²) in [6.07, 6.45) is -0.888. The van der Waals surface area contributed by atoms with Gasteiger partial charge < -0.3 is 16.4 Å². The number of halogens is 7. The second-order valence-electron chi connectivity index (χ2n) is 9.38. The van der Waals surface area contributed by atoms with Crippen LogP contribution in [0.4, 0.5) is 30.7 Å². The van der Waals surface area contributed by atoms with E-state index in [1.54, 1.807) is 0 Å². The average molecular weight is 561 g/mol. The zero-order valence-corrected chi connectivity index (χ0v) is 20.7. The number of nitrogens with one attached hydrogen (secondary N) is 2. The van der Waals surface area contributed by atoms with Crippen molar-refractivity contribution in [2.45, 2.75) is 63.7 Å². The fraction of sp³-hybridized carbons (Fsp3) is 0.423. The number of benzene rings is 2. The molecule has 3 rings (SSSR count). The summed E-state index contributed by atoms with van der Waals surface area (Å²) in [6.45, 7) is -0.343. The molecule has 0 aromatic heterocycles. The zero-order chi connectivity index (χ0) is 28.7. The maximum atomic E-state index is 13.9. The minimum Gasteiger partial charge on any atom is -0.370 e. The number of rotatable bonds is 8. The minimum absolute atomic E-state index is 0.00802. The number of hydrogen-bond acceptors (Lipinski definition) is 2. The maximum absolute atomic E-state index is 13.9. The van der Waals surface area contributed by atoms with E-state index in [1.165, 1.54) is 0 Å². The Morgan fingerprint density at radius 2 is 1.62 bits per heavy atom. The lowest BCUT2D eigenvalue weighted by molar-refractivity contribution is -0.140. The van der Waals surface area contributed by atoms with Gasteiger partial charge in [0.1, 0.15) is 29.3 Å². The standard InChI is InChI=1S/C26H27F7N4O2/c27-16-10-20(29)17(21(30)11-16)12-23(38)37-25(34)36-22(9-14-4-2-1-3-5-14)24(39)35-13-15-6-7-19(28)18(8-15)26(31,32)33/h6-8,10-11,14,22H,1-5,9,12-13H2,(H,35,39)(H3,34,36,37,38). The third kappa shape index (κ3) is 8.69. The van der Waals surface area contributed by atoms with Crippen LogP contribution < -0.4 is 16.4 Å². The van der Waals surface area contributed by atoms with Crippen molar-refractivity contribution >= 4 is 17.8 Å². The molecule has 2 aromatic carbocycles. The predicted octanol–water partition coefficient (Wildman–Crippen LogP) is 4.89. The molecule has 1 saturated carbocycles. The van der Waals surface area contributed by atoms with E-state index in [0.29, 0.717) is 24.3 Å². The molecule has 0 radical (unpaired) electrons. The van der Waals surface area contributed by atoms with Crippen LogP contribution in [0.3, 0.4) is 0 Å². The summed E-state index contributed by atoms with van der Waals surface area (Å²) >= 11 is 0. The molecule has 39 heavy (non-hydrogen) atoms. The largest absolute Gasteiger partial charge is 0.419 e.